The second-order valence-corrected chi connectivity index (χ2v) is 5.13. The van der Waals surface area contributed by atoms with Crippen LogP contribution in [-0.2, 0) is 11.2 Å². The molecule has 2 rings (SSSR count). The van der Waals surface area contributed by atoms with E-state index < -0.39 is 5.97 Å². The maximum Gasteiger partial charge on any atom is 0.307 e. The Bertz CT molecular complexity index is 624. The van der Waals surface area contributed by atoms with Gasteiger partial charge < -0.3 is 5.11 Å². The molecule has 1 heterocycles. The summed E-state index contributed by atoms with van der Waals surface area (Å²) in [5.41, 5.74) is 1.92. The summed E-state index contributed by atoms with van der Waals surface area (Å²) >= 11 is 17.7. The van der Waals surface area contributed by atoms with Crippen molar-refractivity contribution < 1.29 is 9.90 Å². The number of pyridine rings is 1. The van der Waals surface area contributed by atoms with Crippen LogP contribution in [0.2, 0.25) is 15.2 Å². The van der Waals surface area contributed by atoms with E-state index in [-0.39, 0.29) is 11.6 Å². The zero-order chi connectivity index (χ0) is 14.0. The maximum absolute atomic E-state index is 10.7. The SMILES string of the molecule is O=C(O)Cc1cc(-c2cc(Cl)cc(Cl)c2)cnc1Cl. The average Bonchev–Trinajstić information content (AvgIpc) is 2.30. The zero-order valence-electron chi connectivity index (χ0n) is 9.53. The van der Waals surface area contributed by atoms with Crippen LogP contribution in [0.5, 0.6) is 0 Å². The van der Waals surface area contributed by atoms with E-state index in [4.69, 9.17) is 39.9 Å². The number of rotatable bonds is 3. The highest BCUT2D eigenvalue weighted by atomic mass is 35.5. The van der Waals surface area contributed by atoms with Crippen LogP contribution in [0.15, 0.2) is 30.5 Å². The fourth-order valence-corrected chi connectivity index (χ4v) is 2.36. The molecule has 0 amide bonds. The Morgan fingerprint density at radius 1 is 1.05 bits per heavy atom. The third-order valence-electron chi connectivity index (χ3n) is 2.45. The number of hydrogen-bond acceptors (Lipinski definition) is 2. The predicted octanol–water partition coefficient (Wildman–Crippen LogP) is 4.34. The molecule has 0 saturated carbocycles. The number of carbonyl (C=O) groups is 1. The molecule has 0 bridgehead atoms. The molecule has 98 valence electrons. The van der Waals surface area contributed by atoms with Crippen molar-refractivity contribution in [2.45, 2.75) is 6.42 Å². The molecule has 3 nitrogen and oxygen atoms in total. The van der Waals surface area contributed by atoms with Crippen LogP contribution in [0.4, 0.5) is 0 Å². The van der Waals surface area contributed by atoms with E-state index >= 15 is 0 Å². The number of nitrogens with zero attached hydrogens (tertiary/aromatic N) is 1. The summed E-state index contributed by atoms with van der Waals surface area (Å²) in [7, 11) is 0. The highest BCUT2D eigenvalue weighted by molar-refractivity contribution is 6.35. The zero-order valence-corrected chi connectivity index (χ0v) is 11.8. The molecule has 0 atom stereocenters. The normalized spacial score (nSPS) is 10.5. The van der Waals surface area contributed by atoms with Gasteiger partial charge in [0.05, 0.1) is 6.42 Å². The summed E-state index contributed by atoms with van der Waals surface area (Å²) in [5.74, 6) is -0.968. The number of carboxylic acid groups (broad SMARTS) is 1. The van der Waals surface area contributed by atoms with Crippen molar-refractivity contribution in [1.29, 1.82) is 0 Å². The largest absolute Gasteiger partial charge is 0.481 e. The molecule has 1 aromatic heterocycles. The van der Waals surface area contributed by atoms with E-state index in [1.807, 2.05) is 0 Å². The van der Waals surface area contributed by atoms with Crippen LogP contribution >= 0.6 is 34.8 Å². The van der Waals surface area contributed by atoms with Crippen molar-refractivity contribution in [2.75, 3.05) is 0 Å². The molecule has 0 aliphatic carbocycles. The molecule has 2 aromatic rings. The fourth-order valence-electron chi connectivity index (χ4n) is 1.66. The Morgan fingerprint density at radius 2 is 1.68 bits per heavy atom. The van der Waals surface area contributed by atoms with Gasteiger partial charge in [0.25, 0.3) is 0 Å². The van der Waals surface area contributed by atoms with Crippen LogP contribution in [0.3, 0.4) is 0 Å². The maximum atomic E-state index is 10.7. The van der Waals surface area contributed by atoms with Gasteiger partial charge in [0.1, 0.15) is 5.15 Å². The number of hydrogen-bond donors (Lipinski definition) is 1. The summed E-state index contributed by atoms with van der Waals surface area (Å²) < 4.78 is 0. The Balaban J connectivity index is 2.47. The summed E-state index contributed by atoms with van der Waals surface area (Å²) in [6, 6.07) is 6.74. The second kappa shape index (κ2) is 5.78. The molecular formula is C13H8Cl3NO2. The van der Waals surface area contributed by atoms with Crippen molar-refractivity contribution in [1.82, 2.24) is 4.98 Å². The minimum absolute atomic E-state index is 0.180. The first-order valence-electron chi connectivity index (χ1n) is 5.28. The van der Waals surface area contributed by atoms with Crippen LogP contribution in [0, 0.1) is 0 Å². The summed E-state index contributed by atoms with van der Waals surface area (Å²) in [4.78, 5) is 14.7. The standard InChI is InChI=1S/C13H8Cl3NO2/c14-10-2-7(3-11(15)5-10)9-1-8(4-12(18)19)13(16)17-6-9/h1-3,5-6H,4H2,(H,18,19). The first-order valence-corrected chi connectivity index (χ1v) is 6.42. The molecule has 0 fully saturated rings. The lowest BCUT2D eigenvalue weighted by atomic mass is 10.0. The Kier molecular flexibility index (Phi) is 4.30. The van der Waals surface area contributed by atoms with Gasteiger partial charge in [-0.05, 0) is 29.8 Å². The molecule has 0 aliphatic rings. The Morgan fingerprint density at radius 3 is 2.26 bits per heavy atom. The number of halogens is 3. The highest BCUT2D eigenvalue weighted by Gasteiger charge is 2.10. The van der Waals surface area contributed by atoms with Crippen LogP contribution in [0.25, 0.3) is 11.1 Å². The summed E-state index contributed by atoms with van der Waals surface area (Å²) in [5, 5.41) is 9.99. The van der Waals surface area contributed by atoms with Crippen LogP contribution in [-0.4, -0.2) is 16.1 Å². The van der Waals surface area contributed by atoms with Crippen molar-refractivity contribution in [3.63, 3.8) is 0 Å². The molecule has 0 radical (unpaired) electrons. The monoisotopic (exact) mass is 315 g/mol. The van der Waals surface area contributed by atoms with Gasteiger partial charge in [-0.1, -0.05) is 34.8 Å². The van der Waals surface area contributed by atoms with E-state index in [0.29, 0.717) is 21.2 Å². The molecule has 1 N–H and O–H groups in total. The third kappa shape index (κ3) is 3.60. The number of carboxylic acids is 1. The molecule has 0 spiro atoms. The van der Waals surface area contributed by atoms with Crippen LogP contribution in [0.1, 0.15) is 5.56 Å². The third-order valence-corrected chi connectivity index (χ3v) is 3.23. The van der Waals surface area contributed by atoms with Gasteiger partial charge in [0.15, 0.2) is 0 Å². The number of benzene rings is 1. The van der Waals surface area contributed by atoms with Gasteiger partial charge in [-0.25, -0.2) is 4.98 Å². The molecule has 6 heteroatoms. The number of aliphatic carboxylic acids is 1. The van der Waals surface area contributed by atoms with E-state index in [9.17, 15) is 4.79 Å². The molecule has 0 saturated heterocycles. The average molecular weight is 317 g/mol. The molecule has 0 aliphatic heterocycles. The molecule has 19 heavy (non-hydrogen) atoms. The van der Waals surface area contributed by atoms with E-state index in [1.165, 1.54) is 0 Å². The van der Waals surface area contributed by atoms with Crippen molar-refractivity contribution in [3.05, 3.63) is 51.2 Å². The topological polar surface area (TPSA) is 50.2 Å². The van der Waals surface area contributed by atoms with Crippen molar-refractivity contribution in [2.24, 2.45) is 0 Å². The van der Waals surface area contributed by atoms with Gasteiger partial charge in [-0.2, -0.15) is 0 Å². The van der Waals surface area contributed by atoms with Gasteiger partial charge in [-0.3, -0.25) is 4.79 Å². The smallest absolute Gasteiger partial charge is 0.307 e. The first kappa shape index (κ1) is 14.1. The lowest BCUT2D eigenvalue weighted by Crippen LogP contribution is -2.02. The van der Waals surface area contributed by atoms with Gasteiger partial charge in [-0.15, -0.1) is 0 Å². The molecule has 1 aromatic carbocycles. The number of aromatic nitrogens is 1. The van der Waals surface area contributed by atoms with E-state index in [2.05, 4.69) is 4.98 Å². The summed E-state index contributed by atoms with van der Waals surface area (Å²) in [6.45, 7) is 0. The first-order chi connectivity index (χ1) is 8.95. The Labute approximate surface area is 124 Å². The second-order valence-electron chi connectivity index (χ2n) is 3.90. The Hall–Kier alpha value is -1.29. The summed E-state index contributed by atoms with van der Waals surface area (Å²) in [6.07, 6.45) is 1.36. The highest BCUT2D eigenvalue weighted by Crippen LogP contribution is 2.28. The minimum Gasteiger partial charge on any atom is -0.481 e. The molecule has 0 unspecified atom stereocenters. The van der Waals surface area contributed by atoms with Crippen LogP contribution < -0.4 is 0 Å². The lowest BCUT2D eigenvalue weighted by molar-refractivity contribution is -0.136. The lowest BCUT2D eigenvalue weighted by Gasteiger charge is -2.06. The predicted molar refractivity (Wildman–Crippen MR) is 76.0 cm³/mol. The van der Waals surface area contributed by atoms with Gasteiger partial charge in [0, 0.05) is 27.4 Å². The molecular weight excluding hydrogens is 309 g/mol. The van der Waals surface area contributed by atoms with Gasteiger partial charge >= 0.3 is 5.97 Å². The van der Waals surface area contributed by atoms with E-state index in [1.54, 1.807) is 30.5 Å². The quantitative estimate of drug-likeness (QED) is 0.857. The fraction of sp³-hybridized carbons (Fsp3) is 0.0769. The van der Waals surface area contributed by atoms with E-state index in [0.717, 1.165) is 5.56 Å². The van der Waals surface area contributed by atoms with Gasteiger partial charge in [0.2, 0.25) is 0 Å². The van der Waals surface area contributed by atoms with Crippen molar-refractivity contribution >= 4 is 40.8 Å². The minimum atomic E-state index is -0.968. The van der Waals surface area contributed by atoms with Crippen molar-refractivity contribution in [3.8, 4) is 11.1 Å².